The van der Waals surface area contributed by atoms with Crippen LogP contribution in [0.15, 0.2) is 32.3 Å². The molecule has 0 radical (unpaired) electrons. The minimum absolute atomic E-state index is 0.0804. The highest BCUT2D eigenvalue weighted by Gasteiger charge is 2.40. The van der Waals surface area contributed by atoms with Crippen molar-refractivity contribution in [2.45, 2.75) is 26.7 Å². The molecule has 0 bridgehead atoms. The van der Waals surface area contributed by atoms with Crippen molar-refractivity contribution in [3.05, 3.63) is 27.1 Å². The van der Waals surface area contributed by atoms with Crippen molar-refractivity contribution >= 4 is 49.3 Å². The Morgan fingerprint density at radius 1 is 1.35 bits per heavy atom. The molecule has 1 aromatic carbocycles. The Hall–Kier alpha value is -1.08. The Balaban J connectivity index is 3.16. The number of hydrogen-bond acceptors (Lipinski definition) is 3. The highest BCUT2D eigenvalue weighted by Crippen LogP contribution is 2.34. The number of oxime groups is 1. The number of para-hydroxylation sites is 1. The highest BCUT2D eigenvalue weighted by atomic mass is 79.9. The number of nitrogens with zero attached hydrogens (tertiary/aromatic N) is 1. The van der Waals surface area contributed by atoms with Gasteiger partial charge in [-0.2, -0.15) is 0 Å². The van der Waals surface area contributed by atoms with E-state index in [1.54, 1.807) is 0 Å². The standard InChI is InChI=1S/C13H17Br2N3O2/c1-3-13(4-2,11(16)18-20)12(19)17-10-8(14)6-5-7-9(10)15/h5-7,20H,3-4H2,1-2H3,(H2,16,18)(H,17,19). The maximum atomic E-state index is 12.6. The van der Waals surface area contributed by atoms with Crippen molar-refractivity contribution in [2.24, 2.45) is 16.3 Å². The third kappa shape index (κ3) is 3.15. The summed E-state index contributed by atoms with van der Waals surface area (Å²) in [4.78, 5) is 12.6. The van der Waals surface area contributed by atoms with E-state index >= 15 is 0 Å². The third-order valence-electron chi connectivity index (χ3n) is 3.44. The molecule has 7 heteroatoms. The molecule has 0 aliphatic heterocycles. The monoisotopic (exact) mass is 405 g/mol. The summed E-state index contributed by atoms with van der Waals surface area (Å²) in [7, 11) is 0. The predicted molar refractivity (Wildman–Crippen MR) is 86.9 cm³/mol. The first-order valence-corrected chi connectivity index (χ1v) is 7.75. The van der Waals surface area contributed by atoms with Crippen LogP contribution in [0.4, 0.5) is 5.69 Å². The van der Waals surface area contributed by atoms with E-state index in [0.717, 1.165) is 8.95 Å². The van der Waals surface area contributed by atoms with Gasteiger partial charge in [-0.1, -0.05) is 25.1 Å². The van der Waals surface area contributed by atoms with Crippen molar-refractivity contribution in [1.82, 2.24) is 0 Å². The van der Waals surface area contributed by atoms with Gasteiger partial charge >= 0.3 is 0 Å². The first-order valence-electron chi connectivity index (χ1n) is 6.16. The SMILES string of the molecule is CCC(CC)(C(=O)Nc1c(Br)cccc1Br)/C(N)=N/O. The van der Waals surface area contributed by atoms with E-state index in [0.29, 0.717) is 18.5 Å². The molecule has 1 amide bonds. The van der Waals surface area contributed by atoms with Gasteiger partial charge < -0.3 is 16.3 Å². The van der Waals surface area contributed by atoms with Gasteiger partial charge in [0.1, 0.15) is 5.41 Å². The van der Waals surface area contributed by atoms with Crippen LogP contribution in [0, 0.1) is 5.41 Å². The highest BCUT2D eigenvalue weighted by molar-refractivity contribution is 9.11. The molecule has 0 aliphatic carbocycles. The number of nitrogens with one attached hydrogen (secondary N) is 1. The number of carbonyl (C=O) groups is 1. The van der Waals surface area contributed by atoms with Gasteiger partial charge in [-0.25, -0.2) is 0 Å². The normalized spacial score (nSPS) is 12.3. The molecular weight excluding hydrogens is 390 g/mol. The molecule has 1 aromatic rings. The third-order valence-corrected chi connectivity index (χ3v) is 4.76. The molecule has 4 N–H and O–H groups in total. The van der Waals surface area contributed by atoms with Gasteiger partial charge in [0.25, 0.3) is 0 Å². The number of amides is 1. The number of benzene rings is 1. The van der Waals surface area contributed by atoms with Gasteiger partial charge in [0.2, 0.25) is 5.91 Å². The van der Waals surface area contributed by atoms with E-state index in [1.165, 1.54) is 0 Å². The Morgan fingerprint density at radius 2 is 1.85 bits per heavy atom. The Kier molecular flexibility index (Phi) is 6.01. The lowest BCUT2D eigenvalue weighted by molar-refractivity contribution is -0.122. The fourth-order valence-corrected chi connectivity index (χ4v) is 3.19. The summed E-state index contributed by atoms with van der Waals surface area (Å²) in [6.45, 7) is 3.66. The molecule has 0 atom stereocenters. The van der Waals surface area contributed by atoms with Crippen LogP contribution in [-0.2, 0) is 4.79 Å². The molecular formula is C13H17Br2N3O2. The smallest absolute Gasteiger partial charge is 0.238 e. The van der Waals surface area contributed by atoms with Crippen LogP contribution in [0.2, 0.25) is 0 Å². The van der Waals surface area contributed by atoms with E-state index in [4.69, 9.17) is 10.9 Å². The molecule has 0 saturated carbocycles. The minimum Gasteiger partial charge on any atom is -0.409 e. The molecule has 0 spiro atoms. The van der Waals surface area contributed by atoms with Gasteiger partial charge in [-0.3, -0.25) is 4.79 Å². The van der Waals surface area contributed by atoms with Crippen molar-refractivity contribution < 1.29 is 10.0 Å². The number of hydrogen-bond donors (Lipinski definition) is 3. The second-order valence-electron chi connectivity index (χ2n) is 4.33. The fourth-order valence-electron chi connectivity index (χ4n) is 2.00. The van der Waals surface area contributed by atoms with Crippen LogP contribution >= 0.6 is 31.9 Å². The first-order chi connectivity index (χ1) is 9.42. The average Bonchev–Trinajstić information content (AvgIpc) is 2.44. The summed E-state index contributed by atoms with van der Waals surface area (Å²) >= 11 is 6.77. The van der Waals surface area contributed by atoms with E-state index in [9.17, 15) is 4.79 Å². The van der Waals surface area contributed by atoms with Crippen LogP contribution in [0.3, 0.4) is 0 Å². The number of halogens is 2. The molecule has 20 heavy (non-hydrogen) atoms. The van der Waals surface area contributed by atoms with Crippen molar-refractivity contribution in [1.29, 1.82) is 0 Å². The zero-order valence-electron chi connectivity index (χ0n) is 11.3. The second kappa shape index (κ2) is 7.08. The van der Waals surface area contributed by atoms with E-state index in [-0.39, 0.29) is 11.7 Å². The molecule has 0 fully saturated rings. The molecule has 0 saturated heterocycles. The van der Waals surface area contributed by atoms with Gasteiger partial charge in [-0.05, 0) is 56.8 Å². The average molecular weight is 407 g/mol. The number of rotatable bonds is 5. The first kappa shape index (κ1) is 17.0. The largest absolute Gasteiger partial charge is 0.409 e. The lowest BCUT2D eigenvalue weighted by Crippen LogP contribution is -2.46. The van der Waals surface area contributed by atoms with Gasteiger partial charge in [0.15, 0.2) is 5.84 Å². The summed E-state index contributed by atoms with van der Waals surface area (Å²) in [5, 5.41) is 14.8. The summed E-state index contributed by atoms with van der Waals surface area (Å²) in [5.74, 6) is -0.381. The molecule has 110 valence electrons. The molecule has 0 unspecified atom stereocenters. The van der Waals surface area contributed by atoms with Crippen LogP contribution in [0.5, 0.6) is 0 Å². The zero-order valence-corrected chi connectivity index (χ0v) is 14.5. The zero-order chi connectivity index (χ0) is 15.3. The molecule has 0 heterocycles. The molecule has 0 aromatic heterocycles. The lowest BCUT2D eigenvalue weighted by Gasteiger charge is -2.29. The summed E-state index contributed by atoms with van der Waals surface area (Å²) in [5.41, 5.74) is 5.32. The van der Waals surface area contributed by atoms with Crippen molar-refractivity contribution in [2.75, 3.05) is 5.32 Å². The maximum absolute atomic E-state index is 12.6. The van der Waals surface area contributed by atoms with E-state index in [2.05, 4.69) is 42.3 Å². The fraction of sp³-hybridized carbons (Fsp3) is 0.385. The Labute approximate surface area is 134 Å². The van der Waals surface area contributed by atoms with Crippen LogP contribution in [0.25, 0.3) is 0 Å². The minimum atomic E-state index is -1.02. The van der Waals surface area contributed by atoms with E-state index < -0.39 is 5.41 Å². The van der Waals surface area contributed by atoms with Crippen LogP contribution in [-0.4, -0.2) is 17.0 Å². The van der Waals surface area contributed by atoms with Gasteiger partial charge in [0.05, 0.1) is 5.69 Å². The number of carbonyl (C=O) groups excluding carboxylic acids is 1. The van der Waals surface area contributed by atoms with Gasteiger partial charge in [-0.15, -0.1) is 0 Å². The quantitative estimate of drug-likeness (QED) is 0.301. The van der Waals surface area contributed by atoms with Crippen LogP contribution in [0.1, 0.15) is 26.7 Å². The molecule has 0 aliphatic rings. The van der Waals surface area contributed by atoms with Crippen LogP contribution < -0.4 is 11.1 Å². The summed E-state index contributed by atoms with van der Waals surface area (Å²) in [6, 6.07) is 5.49. The number of nitrogens with two attached hydrogens (primary N) is 1. The predicted octanol–water partition coefficient (Wildman–Crippen LogP) is 3.70. The number of anilines is 1. The van der Waals surface area contributed by atoms with E-state index in [1.807, 2.05) is 32.0 Å². The topological polar surface area (TPSA) is 87.7 Å². The lowest BCUT2D eigenvalue weighted by atomic mass is 9.80. The second-order valence-corrected chi connectivity index (χ2v) is 6.03. The summed E-state index contributed by atoms with van der Waals surface area (Å²) in [6.07, 6.45) is 0.876. The molecule has 5 nitrogen and oxygen atoms in total. The number of amidine groups is 1. The van der Waals surface area contributed by atoms with Crippen molar-refractivity contribution in [3.63, 3.8) is 0 Å². The Morgan fingerprint density at radius 3 is 2.25 bits per heavy atom. The summed E-state index contributed by atoms with van der Waals surface area (Å²) < 4.78 is 1.50. The Bertz CT molecular complexity index is 508. The maximum Gasteiger partial charge on any atom is 0.238 e. The van der Waals surface area contributed by atoms with Gasteiger partial charge in [0, 0.05) is 8.95 Å². The molecule has 1 rings (SSSR count). The van der Waals surface area contributed by atoms with Crippen molar-refractivity contribution in [3.8, 4) is 0 Å².